The van der Waals surface area contributed by atoms with Gasteiger partial charge in [0.05, 0.1) is 45.3 Å². The van der Waals surface area contributed by atoms with E-state index in [2.05, 4.69) is 16.0 Å². The van der Waals surface area contributed by atoms with Gasteiger partial charge in [0.2, 0.25) is 59.1 Å². The lowest BCUT2D eigenvalue weighted by atomic mass is 10.1. The molecule has 23 nitrogen and oxygen atoms in total. The Balaban J connectivity index is 5.32. The van der Waals surface area contributed by atoms with Crippen molar-refractivity contribution in [3.63, 3.8) is 0 Å². The Morgan fingerprint density at radius 3 is 1.09 bits per heavy atom. The number of aliphatic carboxylic acids is 1. The zero-order valence-electron chi connectivity index (χ0n) is 23.6. The van der Waals surface area contributed by atoms with Crippen LogP contribution in [0.5, 0.6) is 0 Å². The molecule has 0 spiro atoms. The third-order valence-corrected chi connectivity index (χ3v) is 5.22. The van der Waals surface area contributed by atoms with Crippen LogP contribution in [-0.4, -0.2) is 114 Å². The van der Waals surface area contributed by atoms with Crippen molar-refractivity contribution >= 4 is 65.0 Å². The standard InChI is InChI=1S/C22H35N11O12/c23-5-16(38)30-8(1-12(24)34)19(41)28-6-17(39)31-9(2-13(25)35)20(42)29-7-18(40)32-10(3-14(26)36)21(43)33-11(22(44)45)4-15(27)37/h8-11H,1-7,23H2,(H2,24,34)(H2,25,35)(H2,26,36)(H2,27,37)(H,28,41)(H,29,42)(H,30,38)(H,31,39)(H,32,40)(H,33,43)(H,44,45)/t8-,9-,10-,11-/m0/s1. The molecule has 45 heavy (non-hydrogen) atoms. The van der Waals surface area contributed by atoms with Crippen molar-refractivity contribution in [2.75, 3.05) is 19.6 Å². The number of carboxylic acids is 1. The van der Waals surface area contributed by atoms with Crippen molar-refractivity contribution < 1.29 is 57.8 Å². The van der Waals surface area contributed by atoms with Gasteiger partial charge in [-0.3, -0.25) is 47.9 Å². The van der Waals surface area contributed by atoms with Crippen LogP contribution in [0.1, 0.15) is 25.7 Å². The predicted molar refractivity (Wildman–Crippen MR) is 146 cm³/mol. The van der Waals surface area contributed by atoms with Crippen LogP contribution in [0.2, 0.25) is 0 Å². The molecular weight excluding hydrogens is 610 g/mol. The number of nitrogens with two attached hydrogens (primary N) is 5. The lowest BCUT2D eigenvalue weighted by Gasteiger charge is -2.21. The van der Waals surface area contributed by atoms with Gasteiger partial charge in [-0.25, -0.2) is 4.79 Å². The second kappa shape index (κ2) is 19.3. The molecule has 0 aromatic heterocycles. The number of carboxylic acid groups (broad SMARTS) is 1. The molecule has 0 heterocycles. The van der Waals surface area contributed by atoms with Crippen molar-refractivity contribution in [1.29, 1.82) is 0 Å². The number of carbonyl (C=O) groups excluding carboxylic acids is 10. The highest BCUT2D eigenvalue weighted by molar-refractivity contribution is 5.98. The summed E-state index contributed by atoms with van der Waals surface area (Å²) in [5.74, 6) is -12.2. The number of hydrogen-bond acceptors (Lipinski definition) is 12. The zero-order valence-corrected chi connectivity index (χ0v) is 23.6. The van der Waals surface area contributed by atoms with E-state index in [0.717, 1.165) is 0 Å². The number of hydrogen-bond donors (Lipinski definition) is 12. The summed E-state index contributed by atoms with van der Waals surface area (Å²) in [6, 6.07) is -6.72. The fourth-order valence-corrected chi connectivity index (χ4v) is 3.23. The van der Waals surface area contributed by atoms with E-state index in [1.165, 1.54) is 0 Å². The van der Waals surface area contributed by atoms with Gasteiger partial charge >= 0.3 is 5.97 Å². The summed E-state index contributed by atoms with van der Waals surface area (Å²) in [6.07, 6.45) is -3.06. The smallest absolute Gasteiger partial charge is 0.326 e. The van der Waals surface area contributed by atoms with Crippen LogP contribution in [0.4, 0.5) is 0 Å². The number of rotatable bonds is 21. The maximum absolute atomic E-state index is 12.6. The molecule has 0 saturated heterocycles. The second-order valence-corrected chi connectivity index (χ2v) is 9.08. The van der Waals surface area contributed by atoms with Crippen LogP contribution < -0.4 is 60.6 Å². The molecule has 0 aliphatic rings. The van der Waals surface area contributed by atoms with Crippen molar-refractivity contribution in [2.24, 2.45) is 28.7 Å². The van der Waals surface area contributed by atoms with Crippen LogP contribution in [0.15, 0.2) is 0 Å². The molecule has 0 saturated carbocycles. The van der Waals surface area contributed by atoms with Gasteiger partial charge in [0, 0.05) is 0 Å². The third-order valence-electron chi connectivity index (χ3n) is 5.22. The van der Waals surface area contributed by atoms with E-state index >= 15 is 0 Å². The van der Waals surface area contributed by atoms with E-state index in [0.29, 0.717) is 0 Å². The maximum Gasteiger partial charge on any atom is 0.326 e. The zero-order chi connectivity index (χ0) is 34.9. The van der Waals surface area contributed by atoms with Crippen molar-refractivity contribution in [1.82, 2.24) is 31.9 Å². The minimum absolute atomic E-state index is 0.522. The molecule has 10 amide bonds. The van der Waals surface area contributed by atoms with Crippen LogP contribution in [-0.2, 0) is 52.7 Å². The van der Waals surface area contributed by atoms with Gasteiger partial charge in [-0.05, 0) is 0 Å². The molecule has 0 aromatic carbocycles. The van der Waals surface area contributed by atoms with Crippen LogP contribution in [0, 0.1) is 0 Å². The lowest BCUT2D eigenvalue weighted by molar-refractivity contribution is -0.143. The monoisotopic (exact) mass is 645 g/mol. The summed E-state index contributed by atoms with van der Waals surface area (Å²) in [5.41, 5.74) is 25.3. The highest BCUT2D eigenvalue weighted by atomic mass is 16.4. The number of amides is 10. The minimum Gasteiger partial charge on any atom is -0.480 e. The van der Waals surface area contributed by atoms with E-state index in [4.69, 9.17) is 33.8 Å². The molecule has 0 aromatic rings. The largest absolute Gasteiger partial charge is 0.480 e. The molecule has 17 N–H and O–H groups in total. The average molecular weight is 646 g/mol. The summed E-state index contributed by atoms with van der Waals surface area (Å²) in [6.45, 7) is -2.26. The van der Waals surface area contributed by atoms with Crippen LogP contribution in [0.25, 0.3) is 0 Å². The van der Waals surface area contributed by atoms with E-state index < -0.39 is 135 Å². The van der Waals surface area contributed by atoms with Gasteiger partial charge in [-0.2, -0.15) is 0 Å². The van der Waals surface area contributed by atoms with Crippen molar-refractivity contribution in [2.45, 2.75) is 49.9 Å². The summed E-state index contributed by atoms with van der Waals surface area (Å²) in [5, 5.41) is 21.4. The highest BCUT2D eigenvalue weighted by Crippen LogP contribution is 1.99. The van der Waals surface area contributed by atoms with Crippen LogP contribution >= 0.6 is 0 Å². The third kappa shape index (κ3) is 17.0. The molecule has 0 aliphatic carbocycles. The normalized spacial score (nSPS) is 12.9. The molecule has 0 unspecified atom stereocenters. The first kappa shape index (κ1) is 39.1. The first-order chi connectivity index (χ1) is 20.9. The molecule has 23 heteroatoms. The minimum atomic E-state index is -1.80. The van der Waals surface area contributed by atoms with E-state index in [9.17, 15) is 52.7 Å². The molecule has 4 atom stereocenters. The van der Waals surface area contributed by atoms with Crippen LogP contribution in [0.3, 0.4) is 0 Å². The first-order valence-electron chi connectivity index (χ1n) is 12.7. The topological polar surface area (TPSA) is 410 Å². The summed E-state index contributed by atoms with van der Waals surface area (Å²) < 4.78 is 0. The SMILES string of the molecule is NCC(=O)N[C@@H](CC(N)=O)C(=O)NCC(=O)N[C@@H](CC(N)=O)C(=O)NCC(=O)N[C@@H](CC(N)=O)C(=O)N[C@@H](CC(N)=O)C(=O)O. The number of carbonyl (C=O) groups is 11. The van der Waals surface area contributed by atoms with Gasteiger partial charge in [-0.15, -0.1) is 0 Å². The number of nitrogens with one attached hydrogen (secondary N) is 6. The Bertz CT molecular complexity index is 1210. The Kier molecular flexibility index (Phi) is 16.8. The molecule has 0 radical (unpaired) electrons. The Hall–Kier alpha value is -5.87. The van der Waals surface area contributed by atoms with Gasteiger partial charge < -0.3 is 65.7 Å². The van der Waals surface area contributed by atoms with Crippen molar-refractivity contribution in [3.05, 3.63) is 0 Å². The van der Waals surface area contributed by atoms with Gasteiger partial charge in [0.25, 0.3) is 0 Å². The average Bonchev–Trinajstić information content (AvgIpc) is 2.91. The van der Waals surface area contributed by atoms with E-state index in [1.807, 2.05) is 16.0 Å². The Morgan fingerprint density at radius 1 is 0.467 bits per heavy atom. The molecule has 250 valence electrons. The summed E-state index contributed by atoms with van der Waals surface area (Å²) in [7, 11) is 0. The maximum atomic E-state index is 12.6. The molecular formula is C22H35N11O12. The fraction of sp³-hybridized carbons (Fsp3) is 0.500. The predicted octanol–water partition coefficient (Wildman–Crippen LogP) is -9.30. The fourth-order valence-electron chi connectivity index (χ4n) is 3.23. The van der Waals surface area contributed by atoms with E-state index in [1.54, 1.807) is 0 Å². The highest BCUT2D eigenvalue weighted by Gasteiger charge is 2.30. The lowest BCUT2D eigenvalue weighted by Crippen LogP contribution is -2.56. The van der Waals surface area contributed by atoms with Crippen molar-refractivity contribution in [3.8, 4) is 0 Å². The first-order valence-corrected chi connectivity index (χ1v) is 12.7. The molecule has 0 rings (SSSR count). The summed E-state index contributed by atoms with van der Waals surface area (Å²) >= 11 is 0. The number of primary amides is 4. The van der Waals surface area contributed by atoms with Gasteiger partial charge in [0.15, 0.2) is 0 Å². The summed E-state index contributed by atoms with van der Waals surface area (Å²) in [4.78, 5) is 130. The van der Waals surface area contributed by atoms with Gasteiger partial charge in [0.1, 0.15) is 24.2 Å². The van der Waals surface area contributed by atoms with E-state index in [-0.39, 0.29) is 0 Å². The Labute approximate surface area is 253 Å². The Morgan fingerprint density at radius 2 is 0.778 bits per heavy atom. The second-order valence-electron chi connectivity index (χ2n) is 9.08. The molecule has 0 bridgehead atoms. The quantitative estimate of drug-likeness (QED) is 0.0552. The van der Waals surface area contributed by atoms with Gasteiger partial charge in [-0.1, -0.05) is 0 Å². The molecule has 0 aliphatic heterocycles. The molecule has 0 fully saturated rings.